The number of ether oxygens (including phenoxy) is 1. The number of carbonyl (C=O) groups is 1. The molecule has 0 radical (unpaired) electrons. The fourth-order valence-corrected chi connectivity index (χ4v) is 2.46. The lowest BCUT2D eigenvalue weighted by Crippen LogP contribution is -2.42. The Balaban J connectivity index is 1.65. The van der Waals surface area contributed by atoms with Crippen LogP contribution in [0.3, 0.4) is 0 Å². The Labute approximate surface area is 127 Å². The SMILES string of the molecule is O=C(CN1C[C@@H](F)C[C@H]1CO)NCCOc1cccc(F)c1. The van der Waals surface area contributed by atoms with Crippen LogP contribution in [-0.4, -0.2) is 61.0 Å². The monoisotopic (exact) mass is 314 g/mol. The summed E-state index contributed by atoms with van der Waals surface area (Å²) < 4.78 is 31.5. The van der Waals surface area contributed by atoms with Gasteiger partial charge in [0.05, 0.1) is 19.7 Å². The third-order valence-electron chi connectivity index (χ3n) is 3.52. The van der Waals surface area contributed by atoms with Gasteiger partial charge in [0.25, 0.3) is 0 Å². The number of nitrogens with zero attached hydrogens (tertiary/aromatic N) is 1. The number of carbonyl (C=O) groups excluding carboxylic acids is 1. The zero-order chi connectivity index (χ0) is 15.9. The number of likely N-dealkylation sites (tertiary alicyclic amines) is 1. The molecule has 1 amide bonds. The molecule has 0 spiro atoms. The van der Waals surface area contributed by atoms with Gasteiger partial charge in [-0.05, 0) is 18.6 Å². The molecule has 0 saturated carbocycles. The summed E-state index contributed by atoms with van der Waals surface area (Å²) in [4.78, 5) is 13.4. The highest BCUT2D eigenvalue weighted by Crippen LogP contribution is 2.19. The predicted octanol–water partition coefficient (Wildman–Crippen LogP) is 0.725. The normalized spacial score (nSPS) is 21.8. The molecule has 1 aromatic carbocycles. The van der Waals surface area contributed by atoms with Crippen LogP contribution in [0, 0.1) is 5.82 Å². The van der Waals surface area contributed by atoms with Gasteiger partial charge in [0.2, 0.25) is 5.91 Å². The highest BCUT2D eigenvalue weighted by Gasteiger charge is 2.32. The van der Waals surface area contributed by atoms with Gasteiger partial charge in [0.15, 0.2) is 0 Å². The van der Waals surface area contributed by atoms with Crippen LogP contribution in [0.25, 0.3) is 0 Å². The van der Waals surface area contributed by atoms with Crippen molar-refractivity contribution < 1.29 is 23.4 Å². The van der Waals surface area contributed by atoms with E-state index in [-0.39, 0.29) is 57.0 Å². The number of alkyl halides is 1. The van der Waals surface area contributed by atoms with Crippen LogP contribution in [0.1, 0.15) is 6.42 Å². The summed E-state index contributed by atoms with van der Waals surface area (Å²) in [5, 5.41) is 11.8. The molecule has 1 heterocycles. The van der Waals surface area contributed by atoms with E-state index in [9.17, 15) is 13.6 Å². The van der Waals surface area contributed by atoms with E-state index in [4.69, 9.17) is 9.84 Å². The highest BCUT2D eigenvalue weighted by atomic mass is 19.1. The molecule has 1 aromatic rings. The molecular weight excluding hydrogens is 294 g/mol. The third-order valence-corrected chi connectivity index (χ3v) is 3.52. The average molecular weight is 314 g/mol. The van der Waals surface area contributed by atoms with E-state index in [0.29, 0.717) is 5.75 Å². The minimum atomic E-state index is -0.999. The summed E-state index contributed by atoms with van der Waals surface area (Å²) in [6.45, 7) is 0.539. The van der Waals surface area contributed by atoms with Crippen molar-refractivity contribution in [2.24, 2.45) is 0 Å². The van der Waals surface area contributed by atoms with E-state index in [1.165, 1.54) is 12.1 Å². The number of amides is 1. The van der Waals surface area contributed by atoms with Crippen molar-refractivity contribution in [3.63, 3.8) is 0 Å². The Morgan fingerprint density at radius 1 is 1.50 bits per heavy atom. The molecule has 1 aliphatic heterocycles. The first-order valence-electron chi connectivity index (χ1n) is 7.22. The number of aliphatic hydroxyl groups is 1. The van der Waals surface area contributed by atoms with Gasteiger partial charge in [-0.25, -0.2) is 8.78 Å². The summed E-state index contributed by atoms with van der Waals surface area (Å²) in [6, 6.07) is 5.45. The first-order chi connectivity index (χ1) is 10.6. The van der Waals surface area contributed by atoms with E-state index in [1.807, 2.05) is 0 Å². The van der Waals surface area contributed by atoms with Crippen molar-refractivity contribution in [3.8, 4) is 5.75 Å². The first kappa shape index (κ1) is 16.6. The number of hydrogen-bond acceptors (Lipinski definition) is 4. The number of aliphatic hydroxyl groups excluding tert-OH is 1. The average Bonchev–Trinajstić information content (AvgIpc) is 2.83. The van der Waals surface area contributed by atoms with Gasteiger partial charge in [0, 0.05) is 18.7 Å². The van der Waals surface area contributed by atoms with Crippen LogP contribution in [0.2, 0.25) is 0 Å². The topological polar surface area (TPSA) is 61.8 Å². The molecule has 122 valence electrons. The van der Waals surface area contributed by atoms with Crippen molar-refractivity contribution in [2.45, 2.75) is 18.6 Å². The molecule has 0 aliphatic carbocycles. The minimum Gasteiger partial charge on any atom is -0.492 e. The van der Waals surface area contributed by atoms with Crippen molar-refractivity contribution in [1.82, 2.24) is 10.2 Å². The number of hydrogen-bond donors (Lipinski definition) is 2. The summed E-state index contributed by atoms with van der Waals surface area (Å²) in [5.41, 5.74) is 0. The molecule has 2 N–H and O–H groups in total. The van der Waals surface area contributed by atoms with Gasteiger partial charge in [-0.3, -0.25) is 9.69 Å². The van der Waals surface area contributed by atoms with Gasteiger partial charge in [0.1, 0.15) is 24.3 Å². The minimum absolute atomic E-state index is 0.0472. The number of rotatable bonds is 7. The lowest BCUT2D eigenvalue weighted by atomic mass is 10.2. The molecule has 5 nitrogen and oxygen atoms in total. The Kier molecular flexibility index (Phi) is 6.09. The van der Waals surface area contributed by atoms with Gasteiger partial charge in [-0.15, -0.1) is 0 Å². The van der Waals surface area contributed by atoms with E-state index < -0.39 is 6.17 Å². The Morgan fingerprint density at radius 3 is 3.05 bits per heavy atom. The summed E-state index contributed by atoms with van der Waals surface area (Å²) in [7, 11) is 0. The zero-order valence-electron chi connectivity index (χ0n) is 12.2. The van der Waals surface area contributed by atoms with Crippen molar-refractivity contribution in [3.05, 3.63) is 30.1 Å². The molecular formula is C15H20F2N2O3. The number of nitrogens with one attached hydrogen (secondary N) is 1. The van der Waals surface area contributed by atoms with E-state index >= 15 is 0 Å². The quantitative estimate of drug-likeness (QED) is 0.728. The Hall–Kier alpha value is -1.73. The van der Waals surface area contributed by atoms with Crippen molar-refractivity contribution in [1.29, 1.82) is 0 Å². The van der Waals surface area contributed by atoms with Crippen molar-refractivity contribution in [2.75, 3.05) is 32.8 Å². The van der Waals surface area contributed by atoms with Crippen LogP contribution < -0.4 is 10.1 Å². The molecule has 0 bridgehead atoms. The Morgan fingerprint density at radius 2 is 2.32 bits per heavy atom. The molecule has 7 heteroatoms. The second kappa shape index (κ2) is 8.05. The summed E-state index contributed by atoms with van der Waals surface area (Å²) >= 11 is 0. The van der Waals surface area contributed by atoms with Gasteiger partial charge in [-0.2, -0.15) is 0 Å². The zero-order valence-corrected chi connectivity index (χ0v) is 12.2. The lowest BCUT2D eigenvalue weighted by molar-refractivity contribution is -0.122. The molecule has 0 aromatic heterocycles. The molecule has 2 rings (SSSR count). The molecule has 1 saturated heterocycles. The standard InChI is InChI=1S/C15H20F2N2O3/c16-11-2-1-3-14(7-11)22-5-4-18-15(21)9-19-8-12(17)6-13(19)10-20/h1-3,7,12-13,20H,4-6,8-10H2,(H,18,21)/t12-,13-/m0/s1. The molecule has 0 unspecified atom stereocenters. The predicted molar refractivity (Wildman–Crippen MR) is 76.9 cm³/mol. The van der Waals surface area contributed by atoms with Crippen LogP contribution in [0.5, 0.6) is 5.75 Å². The maximum Gasteiger partial charge on any atom is 0.234 e. The largest absolute Gasteiger partial charge is 0.492 e. The molecule has 1 fully saturated rings. The van der Waals surface area contributed by atoms with Gasteiger partial charge in [-0.1, -0.05) is 6.07 Å². The fraction of sp³-hybridized carbons (Fsp3) is 0.533. The maximum atomic E-state index is 13.3. The number of benzene rings is 1. The van der Waals surface area contributed by atoms with E-state index in [1.54, 1.807) is 17.0 Å². The summed E-state index contributed by atoms with van der Waals surface area (Å²) in [5.74, 6) is -0.240. The van der Waals surface area contributed by atoms with Crippen LogP contribution in [0.15, 0.2) is 24.3 Å². The fourth-order valence-electron chi connectivity index (χ4n) is 2.46. The Bertz CT molecular complexity index is 501. The molecule has 1 aliphatic rings. The van der Waals surface area contributed by atoms with Crippen LogP contribution in [0.4, 0.5) is 8.78 Å². The molecule has 2 atom stereocenters. The second-order valence-corrected chi connectivity index (χ2v) is 5.25. The van der Waals surface area contributed by atoms with Crippen LogP contribution in [-0.2, 0) is 4.79 Å². The summed E-state index contributed by atoms with van der Waals surface area (Å²) in [6.07, 6.45) is -0.742. The van der Waals surface area contributed by atoms with Gasteiger partial charge >= 0.3 is 0 Å². The highest BCUT2D eigenvalue weighted by molar-refractivity contribution is 5.78. The van der Waals surface area contributed by atoms with E-state index in [2.05, 4.69) is 5.32 Å². The lowest BCUT2D eigenvalue weighted by Gasteiger charge is -2.21. The third kappa shape index (κ3) is 4.92. The molecule has 22 heavy (non-hydrogen) atoms. The second-order valence-electron chi connectivity index (χ2n) is 5.25. The van der Waals surface area contributed by atoms with Crippen LogP contribution >= 0.6 is 0 Å². The maximum absolute atomic E-state index is 13.3. The smallest absolute Gasteiger partial charge is 0.234 e. The van der Waals surface area contributed by atoms with Gasteiger partial charge < -0.3 is 15.2 Å². The van der Waals surface area contributed by atoms with E-state index in [0.717, 1.165) is 0 Å². The first-order valence-corrected chi connectivity index (χ1v) is 7.22. The van der Waals surface area contributed by atoms with Crippen molar-refractivity contribution >= 4 is 5.91 Å². The number of halogens is 2.